The zero-order chi connectivity index (χ0) is 13.8. The fourth-order valence-corrected chi connectivity index (χ4v) is 3.59. The van der Waals surface area contributed by atoms with Gasteiger partial charge in [0, 0.05) is 21.0 Å². The molecule has 0 spiro atoms. The Morgan fingerprint density at radius 2 is 1.74 bits per heavy atom. The van der Waals surface area contributed by atoms with E-state index in [0.29, 0.717) is 16.5 Å². The van der Waals surface area contributed by atoms with Gasteiger partial charge in [0.05, 0.1) is 4.34 Å². The smallest absolute Gasteiger partial charge is 0.0931 e. The molecule has 2 aromatic rings. The Morgan fingerprint density at radius 1 is 1.05 bits per heavy atom. The average molecular weight is 336 g/mol. The van der Waals surface area contributed by atoms with Gasteiger partial charge in [0.25, 0.3) is 0 Å². The maximum absolute atomic E-state index is 6.17. The first-order chi connectivity index (χ1) is 9.10. The van der Waals surface area contributed by atoms with Crippen molar-refractivity contribution in [3.05, 3.63) is 55.2 Å². The second-order valence-corrected chi connectivity index (χ2v) is 6.79. The van der Waals surface area contributed by atoms with Gasteiger partial charge in [-0.25, -0.2) is 0 Å². The van der Waals surface area contributed by atoms with Crippen LogP contribution in [0.3, 0.4) is 0 Å². The minimum Gasteiger partial charge on any atom is -0.271 e. The highest BCUT2D eigenvalue weighted by Gasteiger charge is 2.14. The van der Waals surface area contributed by atoms with Crippen molar-refractivity contribution >= 4 is 46.1 Å². The Labute approximate surface area is 131 Å². The molecule has 0 aliphatic heterocycles. The summed E-state index contributed by atoms with van der Waals surface area (Å²) >= 11 is 19.8. The lowest BCUT2D eigenvalue weighted by molar-refractivity contribution is 0.526. The van der Waals surface area contributed by atoms with Gasteiger partial charge in [0.15, 0.2) is 0 Å². The second kappa shape index (κ2) is 6.93. The third-order valence-electron chi connectivity index (χ3n) is 2.82. The van der Waals surface area contributed by atoms with E-state index in [1.165, 1.54) is 4.88 Å². The molecule has 0 radical (unpaired) electrons. The molecule has 1 atom stereocenters. The second-order valence-electron chi connectivity index (χ2n) is 4.18. The first kappa shape index (κ1) is 15.1. The molecular weight excluding hydrogens is 323 g/mol. The molecule has 19 heavy (non-hydrogen) atoms. The van der Waals surface area contributed by atoms with Gasteiger partial charge < -0.3 is 0 Å². The fourth-order valence-electron chi connectivity index (χ4n) is 1.87. The fraction of sp³-hybridized carbons (Fsp3) is 0.231. The van der Waals surface area contributed by atoms with Crippen LogP contribution in [0.25, 0.3) is 0 Å². The normalized spacial score (nSPS) is 12.6. The molecule has 0 amide bonds. The van der Waals surface area contributed by atoms with Gasteiger partial charge >= 0.3 is 0 Å². The molecule has 1 heterocycles. The summed E-state index contributed by atoms with van der Waals surface area (Å²) in [6.07, 6.45) is 1.46. The topological polar surface area (TPSA) is 38.0 Å². The number of rotatable bonds is 5. The van der Waals surface area contributed by atoms with Crippen LogP contribution in [0.2, 0.25) is 14.4 Å². The molecular formula is C13H13Cl3N2S. The van der Waals surface area contributed by atoms with Crippen molar-refractivity contribution in [1.82, 2.24) is 5.43 Å². The van der Waals surface area contributed by atoms with E-state index in [-0.39, 0.29) is 6.04 Å². The third kappa shape index (κ3) is 4.09. The highest BCUT2D eigenvalue weighted by Crippen LogP contribution is 2.27. The zero-order valence-corrected chi connectivity index (χ0v) is 13.1. The van der Waals surface area contributed by atoms with Crippen LogP contribution in [0.5, 0.6) is 0 Å². The van der Waals surface area contributed by atoms with Gasteiger partial charge in [0.2, 0.25) is 0 Å². The molecule has 2 rings (SSSR count). The maximum Gasteiger partial charge on any atom is 0.0931 e. The number of nitrogens with one attached hydrogen (secondary N) is 1. The lowest BCUT2D eigenvalue weighted by atomic mass is 10.0. The summed E-state index contributed by atoms with van der Waals surface area (Å²) in [6.45, 7) is 0. The largest absolute Gasteiger partial charge is 0.271 e. The number of benzene rings is 1. The Bertz CT molecular complexity index is 536. The highest BCUT2D eigenvalue weighted by molar-refractivity contribution is 7.16. The zero-order valence-electron chi connectivity index (χ0n) is 10.00. The number of hydrazine groups is 1. The molecule has 1 unspecified atom stereocenters. The molecule has 0 aliphatic carbocycles. The summed E-state index contributed by atoms with van der Waals surface area (Å²) in [7, 11) is 0. The Balaban J connectivity index is 2.11. The lowest BCUT2D eigenvalue weighted by Crippen LogP contribution is -2.38. The van der Waals surface area contributed by atoms with Crippen LogP contribution in [0.1, 0.15) is 10.4 Å². The molecule has 0 aliphatic rings. The van der Waals surface area contributed by atoms with Crippen LogP contribution in [0, 0.1) is 0 Å². The number of thiophene rings is 1. The van der Waals surface area contributed by atoms with Crippen molar-refractivity contribution in [3.8, 4) is 0 Å². The first-order valence-electron chi connectivity index (χ1n) is 5.73. The molecule has 1 aromatic heterocycles. The van der Waals surface area contributed by atoms with Crippen molar-refractivity contribution in [1.29, 1.82) is 0 Å². The van der Waals surface area contributed by atoms with Crippen molar-refractivity contribution in [3.63, 3.8) is 0 Å². The van der Waals surface area contributed by atoms with Crippen molar-refractivity contribution < 1.29 is 0 Å². The van der Waals surface area contributed by atoms with E-state index in [4.69, 9.17) is 40.6 Å². The maximum atomic E-state index is 6.17. The van der Waals surface area contributed by atoms with Gasteiger partial charge in [-0.3, -0.25) is 11.3 Å². The molecule has 1 aromatic carbocycles. The van der Waals surface area contributed by atoms with Crippen molar-refractivity contribution in [2.24, 2.45) is 5.84 Å². The minimum atomic E-state index is 0.0621. The van der Waals surface area contributed by atoms with Gasteiger partial charge in [0.1, 0.15) is 0 Å². The molecule has 3 N–H and O–H groups in total. The summed E-state index contributed by atoms with van der Waals surface area (Å²) in [5.74, 6) is 5.61. The van der Waals surface area contributed by atoms with Gasteiger partial charge in [-0.15, -0.1) is 11.3 Å². The summed E-state index contributed by atoms with van der Waals surface area (Å²) in [5, 5.41) is 1.33. The number of hydrogen-bond acceptors (Lipinski definition) is 3. The van der Waals surface area contributed by atoms with Crippen molar-refractivity contribution in [2.75, 3.05) is 0 Å². The standard InChI is InChI=1S/C13H13Cl3N2S/c14-11-2-1-3-12(15)10(11)7-8(18-17)6-9-4-5-13(16)19-9/h1-5,8,18H,6-7,17H2. The predicted octanol–water partition coefficient (Wildman–Crippen LogP) is 4.33. The average Bonchev–Trinajstić information content (AvgIpc) is 2.78. The van der Waals surface area contributed by atoms with E-state index >= 15 is 0 Å². The van der Waals surface area contributed by atoms with Gasteiger partial charge in [-0.1, -0.05) is 40.9 Å². The molecule has 0 saturated heterocycles. The van der Waals surface area contributed by atoms with E-state index in [0.717, 1.165) is 16.3 Å². The van der Waals surface area contributed by atoms with Gasteiger partial charge in [-0.2, -0.15) is 0 Å². The first-order valence-corrected chi connectivity index (χ1v) is 7.68. The SMILES string of the molecule is NNC(Cc1ccc(Cl)s1)Cc1c(Cl)cccc1Cl. The van der Waals surface area contributed by atoms with Crippen LogP contribution in [0.15, 0.2) is 30.3 Å². The molecule has 0 saturated carbocycles. The summed E-state index contributed by atoms with van der Waals surface area (Å²) in [4.78, 5) is 1.18. The van der Waals surface area contributed by atoms with E-state index in [1.807, 2.05) is 30.3 Å². The lowest BCUT2D eigenvalue weighted by Gasteiger charge is -2.16. The number of hydrogen-bond donors (Lipinski definition) is 2. The minimum absolute atomic E-state index is 0.0621. The molecule has 2 nitrogen and oxygen atoms in total. The quantitative estimate of drug-likeness (QED) is 0.630. The molecule has 0 bridgehead atoms. The summed E-state index contributed by atoms with van der Waals surface area (Å²) < 4.78 is 0.779. The van der Waals surface area contributed by atoms with Crippen molar-refractivity contribution in [2.45, 2.75) is 18.9 Å². The van der Waals surface area contributed by atoms with E-state index in [9.17, 15) is 0 Å². The van der Waals surface area contributed by atoms with Crippen LogP contribution < -0.4 is 11.3 Å². The summed E-state index contributed by atoms with van der Waals surface area (Å²) in [6, 6.07) is 9.45. The monoisotopic (exact) mass is 334 g/mol. The van der Waals surface area contributed by atoms with E-state index in [1.54, 1.807) is 11.3 Å². The summed E-state index contributed by atoms with van der Waals surface area (Å²) in [5.41, 5.74) is 3.72. The Hall–Kier alpha value is -0.290. The molecule has 0 fully saturated rings. The van der Waals surface area contributed by atoms with E-state index < -0.39 is 0 Å². The van der Waals surface area contributed by atoms with Crippen LogP contribution in [0.4, 0.5) is 0 Å². The number of halogens is 3. The highest BCUT2D eigenvalue weighted by atomic mass is 35.5. The van der Waals surface area contributed by atoms with Crippen LogP contribution >= 0.6 is 46.1 Å². The van der Waals surface area contributed by atoms with Crippen LogP contribution in [-0.2, 0) is 12.8 Å². The van der Waals surface area contributed by atoms with Gasteiger partial charge in [-0.05, 0) is 42.7 Å². The van der Waals surface area contributed by atoms with Crippen LogP contribution in [-0.4, -0.2) is 6.04 Å². The third-order valence-corrected chi connectivity index (χ3v) is 4.79. The van der Waals surface area contributed by atoms with E-state index in [2.05, 4.69) is 5.43 Å². The Kier molecular flexibility index (Phi) is 5.51. The Morgan fingerprint density at radius 3 is 2.26 bits per heavy atom. The molecule has 6 heteroatoms. The molecule has 102 valence electrons. The number of nitrogens with two attached hydrogens (primary N) is 1. The predicted molar refractivity (Wildman–Crippen MR) is 84.3 cm³/mol.